The molecule has 1 aromatic carbocycles. The summed E-state index contributed by atoms with van der Waals surface area (Å²) < 4.78 is 39.9. The Hall–Kier alpha value is -1.82. The monoisotopic (exact) mass is 282 g/mol. The van der Waals surface area contributed by atoms with E-state index in [-0.39, 0.29) is 12.6 Å². The van der Waals surface area contributed by atoms with E-state index in [1.165, 1.54) is 0 Å². The fourth-order valence-corrected chi connectivity index (χ4v) is 2.61. The average Bonchev–Trinajstić information content (AvgIpc) is 2.84. The van der Waals surface area contributed by atoms with E-state index in [1.54, 1.807) is 16.7 Å². The summed E-state index contributed by atoms with van der Waals surface area (Å²) in [4.78, 5) is 3.74. The summed E-state index contributed by atoms with van der Waals surface area (Å²) in [5.41, 5.74) is 1.53. The summed E-state index contributed by atoms with van der Waals surface area (Å²) in [5, 5.41) is 9.14. The Bertz CT molecular complexity index is 661. The lowest BCUT2D eigenvalue weighted by Gasteiger charge is -2.24. The van der Waals surface area contributed by atoms with Gasteiger partial charge in [0.25, 0.3) is 0 Å². The van der Waals surface area contributed by atoms with Gasteiger partial charge in [-0.25, -0.2) is 4.98 Å². The Kier molecular flexibility index (Phi) is 2.86. The van der Waals surface area contributed by atoms with Crippen molar-refractivity contribution in [3.8, 4) is 11.4 Å². The van der Waals surface area contributed by atoms with Gasteiger partial charge in [-0.15, -0.1) is 0 Å². The van der Waals surface area contributed by atoms with Crippen LogP contribution in [-0.2, 0) is 19.2 Å². The molecule has 1 N–H and O–H groups in total. The third-order valence-corrected chi connectivity index (χ3v) is 3.61. The molecule has 0 radical (unpaired) electrons. The highest BCUT2D eigenvalue weighted by Crippen LogP contribution is 2.38. The quantitative estimate of drug-likeness (QED) is 0.872. The highest BCUT2D eigenvalue weighted by molar-refractivity contribution is 5.64. The van der Waals surface area contributed by atoms with Crippen molar-refractivity contribution >= 4 is 0 Å². The van der Waals surface area contributed by atoms with Crippen molar-refractivity contribution in [2.24, 2.45) is 0 Å². The first-order chi connectivity index (χ1) is 9.40. The number of imidazole rings is 1. The highest BCUT2D eigenvalue weighted by Gasteiger charge is 2.36. The third-order valence-electron chi connectivity index (χ3n) is 3.61. The van der Waals surface area contributed by atoms with Gasteiger partial charge in [0, 0.05) is 17.8 Å². The van der Waals surface area contributed by atoms with Gasteiger partial charge in [-0.3, -0.25) is 0 Å². The SMILES string of the molecule is CC1Cc2cc(CO)ccc2-c2nc(C(F)(F)F)cn21. The van der Waals surface area contributed by atoms with Crippen LogP contribution < -0.4 is 0 Å². The van der Waals surface area contributed by atoms with Crippen LogP contribution in [0.4, 0.5) is 13.2 Å². The first kappa shape index (κ1) is 13.2. The molecule has 0 amide bonds. The van der Waals surface area contributed by atoms with E-state index in [4.69, 9.17) is 5.11 Å². The number of aromatic nitrogens is 2. The van der Waals surface area contributed by atoms with Crippen LogP contribution in [0.1, 0.15) is 29.8 Å². The van der Waals surface area contributed by atoms with Crippen LogP contribution in [0.5, 0.6) is 0 Å². The zero-order chi connectivity index (χ0) is 14.5. The van der Waals surface area contributed by atoms with Crippen molar-refractivity contribution in [1.82, 2.24) is 9.55 Å². The zero-order valence-electron chi connectivity index (χ0n) is 10.8. The molecule has 1 aliphatic heterocycles. The van der Waals surface area contributed by atoms with Crippen LogP contribution in [-0.4, -0.2) is 14.7 Å². The Morgan fingerprint density at radius 3 is 2.80 bits per heavy atom. The molecule has 1 aliphatic rings. The molecule has 0 fully saturated rings. The van der Waals surface area contributed by atoms with E-state index < -0.39 is 11.9 Å². The molecule has 0 aliphatic carbocycles. The topological polar surface area (TPSA) is 38.1 Å². The normalized spacial score (nSPS) is 17.8. The molecule has 0 saturated heterocycles. The molecule has 1 aromatic heterocycles. The van der Waals surface area contributed by atoms with E-state index in [1.807, 2.05) is 13.0 Å². The largest absolute Gasteiger partial charge is 0.434 e. The second-order valence-corrected chi connectivity index (χ2v) is 5.06. The van der Waals surface area contributed by atoms with Crippen molar-refractivity contribution in [3.63, 3.8) is 0 Å². The number of fused-ring (bicyclic) bond motifs is 3. The van der Waals surface area contributed by atoms with Crippen LogP contribution in [0, 0.1) is 0 Å². The number of hydrogen-bond donors (Lipinski definition) is 1. The molecule has 2 aromatic rings. The first-order valence-electron chi connectivity index (χ1n) is 6.29. The van der Waals surface area contributed by atoms with Gasteiger partial charge in [-0.1, -0.05) is 18.2 Å². The van der Waals surface area contributed by atoms with E-state index in [9.17, 15) is 13.2 Å². The summed E-state index contributed by atoms with van der Waals surface area (Å²) in [7, 11) is 0. The summed E-state index contributed by atoms with van der Waals surface area (Å²) in [6.07, 6.45) is -2.73. The van der Waals surface area contributed by atoms with Gasteiger partial charge >= 0.3 is 6.18 Å². The van der Waals surface area contributed by atoms with Gasteiger partial charge in [0.1, 0.15) is 5.82 Å². The average molecular weight is 282 g/mol. The summed E-state index contributed by atoms with van der Waals surface area (Å²) in [5.74, 6) is 0.343. The predicted molar refractivity (Wildman–Crippen MR) is 67.0 cm³/mol. The summed E-state index contributed by atoms with van der Waals surface area (Å²) in [6, 6.07) is 5.18. The smallest absolute Gasteiger partial charge is 0.392 e. The lowest BCUT2D eigenvalue weighted by molar-refractivity contribution is -0.140. The van der Waals surface area contributed by atoms with E-state index in [0.717, 1.165) is 17.3 Å². The third kappa shape index (κ3) is 2.00. The summed E-state index contributed by atoms with van der Waals surface area (Å²) in [6.45, 7) is 1.78. The van der Waals surface area contributed by atoms with Gasteiger partial charge in [0.2, 0.25) is 0 Å². The maximum absolute atomic E-state index is 12.8. The number of aliphatic hydroxyl groups excluding tert-OH is 1. The number of hydrogen-bond acceptors (Lipinski definition) is 2. The molecule has 1 unspecified atom stereocenters. The zero-order valence-corrected chi connectivity index (χ0v) is 10.8. The number of benzene rings is 1. The molecule has 1 atom stereocenters. The van der Waals surface area contributed by atoms with E-state index in [0.29, 0.717) is 17.8 Å². The number of halogens is 3. The molecular formula is C14H13F3N2O. The van der Waals surface area contributed by atoms with E-state index in [2.05, 4.69) is 4.98 Å². The molecule has 106 valence electrons. The highest BCUT2D eigenvalue weighted by atomic mass is 19.4. The maximum Gasteiger partial charge on any atom is 0.434 e. The molecule has 20 heavy (non-hydrogen) atoms. The Labute approximate surface area is 113 Å². The van der Waals surface area contributed by atoms with Crippen molar-refractivity contribution in [2.75, 3.05) is 0 Å². The molecule has 2 heterocycles. The van der Waals surface area contributed by atoms with Gasteiger partial charge in [0.15, 0.2) is 5.69 Å². The molecule has 3 nitrogen and oxygen atoms in total. The lowest BCUT2D eigenvalue weighted by atomic mass is 9.94. The number of rotatable bonds is 1. The minimum Gasteiger partial charge on any atom is -0.392 e. The van der Waals surface area contributed by atoms with Crippen molar-refractivity contribution in [1.29, 1.82) is 0 Å². The number of alkyl halides is 3. The number of nitrogens with zero attached hydrogens (tertiary/aromatic N) is 2. The maximum atomic E-state index is 12.8. The van der Waals surface area contributed by atoms with Gasteiger partial charge in [-0.05, 0) is 24.5 Å². The fraction of sp³-hybridized carbons (Fsp3) is 0.357. The Balaban J connectivity index is 2.16. The van der Waals surface area contributed by atoms with Gasteiger partial charge in [-0.2, -0.15) is 13.2 Å². The number of aliphatic hydroxyl groups is 1. The van der Waals surface area contributed by atoms with Crippen LogP contribution in [0.2, 0.25) is 0 Å². The van der Waals surface area contributed by atoms with Gasteiger partial charge in [0.05, 0.1) is 6.61 Å². The Morgan fingerprint density at radius 1 is 1.40 bits per heavy atom. The van der Waals surface area contributed by atoms with Gasteiger partial charge < -0.3 is 9.67 Å². The van der Waals surface area contributed by atoms with Crippen LogP contribution in [0.25, 0.3) is 11.4 Å². The van der Waals surface area contributed by atoms with Crippen molar-refractivity contribution in [3.05, 3.63) is 41.2 Å². The molecule has 0 spiro atoms. The Morgan fingerprint density at radius 2 is 2.15 bits per heavy atom. The minimum absolute atomic E-state index is 0.0795. The van der Waals surface area contributed by atoms with Crippen LogP contribution in [0.15, 0.2) is 24.4 Å². The van der Waals surface area contributed by atoms with Crippen LogP contribution in [0.3, 0.4) is 0 Å². The predicted octanol–water partition coefficient (Wildman–Crippen LogP) is 3.18. The van der Waals surface area contributed by atoms with Crippen LogP contribution >= 0.6 is 0 Å². The summed E-state index contributed by atoms with van der Waals surface area (Å²) >= 11 is 0. The standard InChI is InChI=1S/C14H13F3N2O/c1-8-4-10-5-9(7-20)2-3-11(10)13-18-12(6-19(8)13)14(15,16)17/h2-3,5-6,8,20H,4,7H2,1H3. The second kappa shape index (κ2) is 4.34. The second-order valence-electron chi connectivity index (χ2n) is 5.06. The molecule has 0 bridgehead atoms. The lowest BCUT2D eigenvalue weighted by Crippen LogP contribution is -2.15. The van der Waals surface area contributed by atoms with E-state index >= 15 is 0 Å². The minimum atomic E-state index is -4.44. The van der Waals surface area contributed by atoms with Crippen molar-refractivity contribution < 1.29 is 18.3 Å². The molecule has 0 saturated carbocycles. The molecule has 6 heteroatoms. The molecule has 3 rings (SSSR count). The molecular weight excluding hydrogens is 269 g/mol. The first-order valence-corrected chi connectivity index (χ1v) is 6.29. The fourth-order valence-electron chi connectivity index (χ4n) is 2.61. The van der Waals surface area contributed by atoms with Crippen molar-refractivity contribution in [2.45, 2.75) is 32.2 Å².